The molecule has 0 saturated heterocycles. The van der Waals surface area contributed by atoms with Gasteiger partial charge in [0.2, 0.25) is 0 Å². The maximum absolute atomic E-state index is 13.2. The van der Waals surface area contributed by atoms with Crippen LogP contribution in [0.15, 0.2) is 23.3 Å². The Morgan fingerprint density at radius 2 is 1.73 bits per heavy atom. The summed E-state index contributed by atoms with van der Waals surface area (Å²) in [4.78, 5) is 63.2. The summed E-state index contributed by atoms with van der Waals surface area (Å²) in [6.45, 7) is 11.4. The van der Waals surface area contributed by atoms with E-state index in [2.05, 4.69) is 53.5 Å². The molecule has 0 amide bonds. The Balaban J connectivity index is 1.66. The van der Waals surface area contributed by atoms with Gasteiger partial charge in [0.1, 0.15) is 0 Å². The van der Waals surface area contributed by atoms with Crippen LogP contribution < -0.4 is 0 Å². The minimum Gasteiger partial charge on any atom is -0.393 e. The van der Waals surface area contributed by atoms with E-state index in [9.17, 15) is 34.9 Å². The number of carbonyl (C=O) groups is 2. The summed E-state index contributed by atoms with van der Waals surface area (Å²) in [5, 5.41) is 29.6. The SMILES string of the molecule is CC(C)CCC[C@@H](C)[C@H]1CC[C@H]2[C@@H]3CC=C4C[C@@H](O)CC(/C(=C/C(=O)OO[N+](=O)[O-])C(=O)OO[N+](=O)[O-])[C@@]4(C)[C@H]3CC[C@]12C. The van der Waals surface area contributed by atoms with Crippen LogP contribution in [0.1, 0.15) is 98.8 Å². The first kappa shape index (κ1) is 33.7. The standard InChI is InChI=1S/C31H46N2O11/c1-18(2)7-6-8-19(3)24-11-12-25-22-10-9-20-15-21(34)16-27(31(20,5)26(22)13-14-30(24,25)4)23(29(36)42-44-33(39)40)17-28(35)41-43-32(37)38/h9,17-19,21-22,24-27,34H,6-8,10-16H2,1-5H3/b23-17-/t19-,21-,22+,24-,25+,26+,27?,30-,31-/m1/s1. The van der Waals surface area contributed by atoms with Crippen LogP contribution in [-0.4, -0.2) is 33.3 Å². The number of nitrogens with zero attached hydrogens (tertiary/aromatic N) is 2. The summed E-state index contributed by atoms with van der Waals surface area (Å²) in [6, 6.07) is 0. The van der Waals surface area contributed by atoms with Crippen molar-refractivity contribution in [1.82, 2.24) is 0 Å². The molecule has 13 heteroatoms. The van der Waals surface area contributed by atoms with E-state index in [4.69, 9.17) is 0 Å². The second kappa shape index (κ2) is 13.4. The molecule has 0 heterocycles. The van der Waals surface area contributed by atoms with Crippen molar-refractivity contribution in [2.45, 2.75) is 105 Å². The van der Waals surface area contributed by atoms with Crippen molar-refractivity contribution >= 4 is 11.9 Å². The lowest BCUT2D eigenvalue weighted by molar-refractivity contribution is -0.839. The molecule has 13 nitrogen and oxygen atoms in total. The van der Waals surface area contributed by atoms with Gasteiger partial charge in [-0.05, 0) is 91.3 Å². The van der Waals surface area contributed by atoms with Crippen LogP contribution in [0.4, 0.5) is 0 Å². The van der Waals surface area contributed by atoms with Gasteiger partial charge in [-0.2, -0.15) is 0 Å². The van der Waals surface area contributed by atoms with Crippen molar-refractivity contribution in [3.05, 3.63) is 43.5 Å². The Hall–Kier alpha value is -3.22. The summed E-state index contributed by atoms with van der Waals surface area (Å²) >= 11 is 0. The fraction of sp³-hybridized carbons (Fsp3) is 0.806. The van der Waals surface area contributed by atoms with Gasteiger partial charge < -0.3 is 5.11 Å². The fourth-order valence-electron chi connectivity index (χ4n) is 9.84. The summed E-state index contributed by atoms with van der Waals surface area (Å²) in [5.41, 5.74) is 0.109. The third-order valence-corrected chi connectivity index (χ3v) is 11.7. The Labute approximate surface area is 257 Å². The van der Waals surface area contributed by atoms with Crippen LogP contribution >= 0.6 is 0 Å². The minimum absolute atomic E-state index is 0.0667. The van der Waals surface area contributed by atoms with Crippen LogP contribution in [-0.2, 0) is 29.3 Å². The second-order valence-electron chi connectivity index (χ2n) is 14.3. The average Bonchev–Trinajstić information content (AvgIpc) is 3.30. The number of carbonyl (C=O) groups excluding carboxylic acids is 2. The normalized spacial score (nSPS) is 35.3. The predicted molar refractivity (Wildman–Crippen MR) is 154 cm³/mol. The Morgan fingerprint density at radius 3 is 2.39 bits per heavy atom. The first-order valence-corrected chi connectivity index (χ1v) is 15.8. The van der Waals surface area contributed by atoms with E-state index in [1.165, 1.54) is 25.7 Å². The van der Waals surface area contributed by atoms with Gasteiger partial charge in [-0.3, -0.25) is 9.78 Å². The molecule has 0 spiro atoms. The second-order valence-corrected chi connectivity index (χ2v) is 14.3. The van der Waals surface area contributed by atoms with E-state index < -0.39 is 39.5 Å². The molecule has 0 aromatic rings. The van der Waals surface area contributed by atoms with E-state index in [1.54, 1.807) is 0 Å². The van der Waals surface area contributed by atoms with Gasteiger partial charge in [0, 0.05) is 12.0 Å². The molecular formula is C31H46N2O11. The summed E-state index contributed by atoms with van der Waals surface area (Å²) in [5.74, 6) is -0.678. The highest BCUT2D eigenvalue weighted by Gasteiger charge is 2.61. The molecule has 0 bridgehead atoms. The molecule has 44 heavy (non-hydrogen) atoms. The molecule has 3 fully saturated rings. The average molecular weight is 623 g/mol. The van der Waals surface area contributed by atoms with Gasteiger partial charge in [-0.25, -0.2) is 9.59 Å². The molecule has 0 aliphatic heterocycles. The van der Waals surface area contributed by atoms with Crippen molar-refractivity contribution in [2.24, 2.45) is 52.3 Å². The highest BCUT2D eigenvalue weighted by atomic mass is 17.3. The fourth-order valence-corrected chi connectivity index (χ4v) is 9.84. The number of hydrogen-bond donors (Lipinski definition) is 1. The van der Waals surface area contributed by atoms with Crippen LogP contribution in [0.2, 0.25) is 0 Å². The largest absolute Gasteiger partial charge is 0.393 e. The summed E-state index contributed by atoms with van der Waals surface area (Å²) < 4.78 is 0. The molecule has 9 atom stereocenters. The molecule has 0 aromatic carbocycles. The van der Waals surface area contributed by atoms with E-state index >= 15 is 0 Å². The number of hydrogen-bond acceptors (Lipinski definition) is 11. The van der Waals surface area contributed by atoms with Gasteiger partial charge in [0.05, 0.1) is 11.7 Å². The van der Waals surface area contributed by atoms with Gasteiger partial charge >= 0.3 is 22.1 Å². The first-order chi connectivity index (χ1) is 20.7. The number of aliphatic hydroxyl groups excluding tert-OH is 1. The highest BCUT2D eigenvalue weighted by Crippen LogP contribution is 2.68. The monoisotopic (exact) mass is 622 g/mol. The van der Waals surface area contributed by atoms with E-state index in [0.29, 0.717) is 42.1 Å². The smallest absolute Gasteiger partial charge is 0.370 e. The van der Waals surface area contributed by atoms with E-state index in [0.717, 1.165) is 31.3 Å². The van der Waals surface area contributed by atoms with Gasteiger partial charge in [-0.1, -0.05) is 75.5 Å². The maximum atomic E-state index is 13.2. The lowest BCUT2D eigenvalue weighted by atomic mass is 9.44. The zero-order valence-electron chi connectivity index (χ0n) is 26.3. The topological polar surface area (TPSA) is 178 Å². The minimum atomic E-state index is -1.38. The van der Waals surface area contributed by atoms with Crippen LogP contribution in [0.3, 0.4) is 0 Å². The number of rotatable bonds is 12. The zero-order valence-corrected chi connectivity index (χ0v) is 26.3. The van der Waals surface area contributed by atoms with Crippen molar-refractivity contribution in [3.63, 3.8) is 0 Å². The molecule has 4 aliphatic rings. The molecule has 0 radical (unpaired) electrons. The lowest BCUT2D eigenvalue weighted by Crippen LogP contribution is -2.54. The molecule has 1 unspecified atom stereocenters. The Morgan fingerprint density at radius 1 is 1.05 bits per heavy atom. The molecule has 4 aliphatic carbocycles. The molecule has 0 aromatic heterocycles. The molecule has 3 saturated carbocycles. The maximum Gasteiger partial charge on any atom is 0.370 e. The number of fused-ring (bicyclic) bond motifs is 5. The third-order valence-electron chi connectivity index (χ3n) is 11.7. The van der Waals surface area contributed by atoms with Crippen LogP contribution in [0, 0.1) is 72.5 Å². The van der Waals surface area contributed by atoms with Crippen molar-refractivity contribution in [3.8, 4) is 0 Å². The first-order valence-electron chi connectivity index (χ1n) is 15.8. The molecular weight excluding hydrogens is 576 g/mol. The molecule has 246 valence electrons. The molecule has 4 rings (SSSR count). The zero-order chi connectivity index (χ0) is 32.4. The number of allylic oxidation sites excluding steroid dienone is 1. The van der Waals surface area contributed by atoms with Crippen LogP contribution in [0.25, 0.3) is 0 Å². The van der Waals surface area contributed by atoms with Crippen molar-refractivity contribution < 1.29 is 44.6 Å². The Bertz CT molecular complexity index is 1190. The quantitative estimate of drug-likeness (QED) is 0.0904. The number of aliphatic hydroxyl groups is 1. The van der Waals surface area contributed by atoms with Crippen molar-refractivity contribution in [1.29, 1.82) is 0 Å². The van der Waals surface area contributed by atoms with E-state index in [1.807, 2.05) is 6.92 Å². The van der Waals surface area contributed by atoms with Crippen molar-refractivity contribution in [2.75, 3.05) is 0 Å². The van der Waals surface area contributed by atoms with Gasteiger partial charge in [0.25, 0.3) is 0 Å². The summed E-state index contributed by atoms with van der Waals surface area (Å²) in [6.07, 6.45) is 11.2. The highest BCUT2D eigenvalue weighted by molar-refractivity contribution is 5.96. The Kier molecular flexibility index (Phi) is 10.3. The third kappa shape index (κ3) is 6.72. The molecule has 1 N–H and O–H groups in total. The van der Waals surface area contributed by atoms with Gasteiger partial charge in [0.15, 0.2) is 0 Å². The predicted octanol–water partition coefficient (Wildman–Crippen LogP) is 5.87. The van der Waals surface area contributed by atoms with Gasteiger partial charge in [-0.15, -0.1) is 20.2 Å². The summed E-state index contributed by atoms with van der Waals surface area (Å²) in [7, 11) is 0. The van der Waals surface area contributed by atoms with E-state index in [-0.39, 0.29) is 23.3 Å². The lowest BCUT2D eigenvalue weighted by Gasteiger charge is -2.60. The van der Waals surface area contributed by atoms with Crippen LogP contribution in [0.5, 0.6) is 0 Å².